The van der Waals surface area contributed by atoms with Crippen LogP contribution in [0.15, 0.2) is 0 Å². The Kier molecular flexibility index (Phi) is 4.96. The number of likely N-dealkylation sites (tertiary alicyclic amines) is 1. The molecule has 3 nitrogen and oxygen atoms in total. The maximum atomic E-state index is 10.5. The summed E-state index contributed by atoms with van der Waals surface area (Å²) < 4.78 is 6.12. The predicted molar refractivity (Wildman–Crippen MR) is 96.9 cm³/mol. The van der Waals surface area contributed by atoms with Gasteiger partial charge in [0.2, 0.25) is 0 Å². The predicted octanol–water partition coefficient (Wildman–Crippen LogP) is 3.84. The number of ether oxygens (including phenoxy) is 1. The standard InChI is InChI=1S/C21H37NO2/c1-15-4-3-5-16(2)22(15)12-20(23)13-24-14-21-9-17-6-18(10-21)8-19(7-17)11-21/h15-20,23H,3-14H2,1-2H3/t15-,16-,17?,18?,19?,20-,21?/m0/s1. The van der Waals surface area contributed by atoms with Crippen molar-refractivity contribution in [3.63, 3.8) is 0 Å². The summed E-state index contributed by atoms with van der Waals surface area (Å²) in [6, 6.07) is 1.21. The number of hydrogen-bond acceptors (Lipinski definition) is 3. The van der Waals surface area contributed by atoms with Gasteiger partial charge >= 0.3 is 0 Å². The second-order valence-corrected chi connectivity index (χ2v) is 9.91. The van der Waals surface area contributed by atoms with Crippen molar-refractivity contribution in [1.82, 2.24) is 4.90 Å². The SMILES string of the molecule is C[C@H]1CCC[C@H](C)N1C[C@H](O)COCC12CC3CC(CC(C3)C1)C2. The van der Waals surface area contributed by atoms with Crippen molar-refractivity contribution >= 4 is 0 Å². The highest BCUT2D eigenvalue weighted by molar-refractivity contribution is 5.01. The molecule has 1 saturated heterocycles. The van der Waals surface area contributed by atoms with Crippen LogP contribution in [0.25, 0.3) is 0 Å². The van der Waals surface area contributed by atoms with Gasteiger partial charge in [-0.25, -0.2) is 0 Å². The maximum Gasteiger partial charge on any atom is 0.0900 e. The minimum absolute atomic E-state index is 0.332. The monoisotopic (exact) mass is 335 g/mol. The zero-order valence-corrected chi connectivity index (χ0v) is 15.8. The lowest BCUT2D eigenvalue weighted by Crippen LogP contribution is -2.49. The molecule has 5 rings (SSSR count). The smallest absolute Gasteiger partial charge is 0.0900 e. The molecule has 1 heterocycles. The number of aliphatic hydroxyl groups is 1. The zero-order chi connectivity index (χ0) is 16.7. The van der Waals surface area contributed by atoms with Crippen molar-refractivity contribution < 1.29 is 9.84 Å². The van der Waals surface area contributed by atoms with Gasteiger partial charge in [-0.3, -0.25) is 4.90 Å². The van der Waals surface area contributed by atoms with Crippen molar-refractivity contribution in [2.24, 2.45) is 23.2 Å². The third kappa shape index (κ3) is 3.54. The average molecular weight is 336 g/mol. The largest absolute Gasteiger partial charge is 0.389 e. The molecule has 0 aromatic rings. The summed E-state index contributed by atoms with van der Waals surface area (Å²) in [5.41, 5.74) is 0.472. The molecule has 0 unspecified atom stereocenters. The van der Waals surface area contributed by atoms with Crippen molar-refractivity contribution in [2.75, 3.05) is 19.8 Å². The lowest BCUT2D eigenvalue weighted by Gasteiger charge is -2.56. The Hall–Kier alpha value is -0.120. The Bertz CT molecular complexity index is 392. The lowest BCUT2D eigenvalue weighted by atomic mass is 9.50. The van der Waals surface area contributed by atoms with E-state index in [0.29, 0.717) is 24.1 Å². The van der Waals surface area contributed by atoms with E-state index in [4.69, 9.17) is 4.74 Å². The van der Waals surface area contributed by atoms with Crippen LogP contribution in [0, 0.1) is 23.2 Å². The molecule has 1 aliphatic heterocycles. The molecule has 0 spiro atoms. The van der Waals surface area contributed by atoms with Crippen LogP contribution < -0.4 is 0 Å². The van der Waals surface area contributed by atoms with Crippen LogP contribution in [0.3, 0.4) is 0 Å². The van der Waals surface area contributed by atoms with Crippen molar-refractivity contribution in [1.29, 1.82) is 0 Å². The van der Waals surface area contributed by atoms with Gasteiger partial charge in [0, 0.05) is 18.6 Å². The first-order chi connectivity index (χ1) is 11.5. The molecule has 3 heteroatoms. The number of rotatable bonds is 6. The highest BCUT2D eigenvalue weighted by atomic mass is 16.5. The van der Waals surface area contributed by atoms with E-state index in [-0.39, 0.29) is 6.10 Å². The first-order valence-electron chi connectivity index (χ1n) is 10.5. The fourth-order valence-electron chi connectivity index (χ4n) is 7.01. The van der Waals surface area contributed by atoms with E-state index in [0.717, 1.165) is 30.9 Å². The van der Waals surface area contributed by atoms with Crippen molar-refractivity contribution in [2.45, 2.75) is 89.8 Å². The molecule has 1 N–H and O–H groups in total. The van der Waals surface area contributed by atoms with Crippen LogP contribution in [0.2, 0.25) is 0 Å². The fraction of sp³-hybridized carbons (Fsp3) is 1.00. The van der Waals surface area contributed by atoms with E-state index >= 15 is 0 Å². The minimum atomic E-state index is -0.332. The number of aliphatic hydroxyl groups excluding tert-OH is 1. The molecule has 4 aliphatic carbocycles. The Morgan fingerprint density at radius 3 is 2.08 bits per heavy atom. The van der Waals surface area contributed by atoms with Gasteiger partial charge in [0.25, 0.3) is 0 Å². The third-order valence-corrected chi connectivity index (χ3v) is 7.68. The lowest BCUT2D eigenvalue weighted by molar-refractivity contribution is -0.108. The van der Waals surface area contributed by atoms with E-state index in [1.165, 1.54) is 57.8 Å². The van der Waals surface area contributed by atoms with E-state index < -0.39 is 0 Å². The van der Waals surface area contributed by atoms with Crippen LogP contribution >= 0.6 is 0 Å². The van der Waals surface area contributed by atoms with Gasteiger partial charge in [-0.1, -0.05) is 6.42 Å². The highest BCUT2D eigenvalue weighted by Gasteiger charge is 2.50. The van der Waals surface area contributed by atoms with Gasteiger partial charge in [0.1, 0.15) is 0 Å². The van der Waals surface area contributed by atoms with Crippen molar-refractivity contribution in [3.8, 4) is 0 Å². The summed E-state index contributed by atoms with van der Waals surface area (Å²) in [5.74, 6) is 2.96. The van der Waals surface area contributed by atoms with Crippen molar-refractivity contribution in [3.05, 3.63) is 0 Å². The van der Waals surface area contributed by atoms with E-state index in [1.807, 2.05) is 0 Å². The third-order valence-electron chi connectivity index (χ3n) is 7.68. The minimum Gasteiger partial charge on any atom is -0.389 e. The number of hydrogen-bond donors (Lipinski definition) is 1. The molecule has 24 heavy (non-hydrogen) atoms. The normalized spacial score (nSPS) is 46.4. The van der Waals surface area contributed by atoms with E-state index in [2.05, 4.69) is 18.7 Å². The molecule has 5 aliphatic rings. The Morgan fingerprint density at radius 1 is 1.00 bits per heavy atom. The topological polar surface area (TPSA) is 32.7 Å². The summed E-state index contributed by atoms with van der Waals surface area (Å²) >= 11 is 0. The average Bonchev–Trinajstić information content (AvgIpc) is 2.49. The van der Waals surface area contributed by atoms with Crippen LogP contribution in [0.5, 0.6) is 0 Å². The first kappa shape index (κ1) is 17.3. The molecule has 3 atom stereocenters. The summed E-state index contributed by atoms with van der Waals surface area (Å²) in [6.07, 6.45) is 12.2. The molecule has 0 amide bonds. The molecular formula is C21H37NO2. The number of β-amino-alcohol motifs (C(OH)–C–C–N with tert-alkyl or cyclic N) is 1. The summed E-state index contributed by atoms with van der Waals surface area (Å²) in [4.78, 5) is 2.49. The number of nitrogens with zero attached hydrogens (tertiary/aromatic N) is 1. The highest BCUT2D eigenvalue weighted by Crippen LogP contribution is 2.60. The number of piperidine rings is 1. The Morgan fingerprint density at radius 2 is 1.54 bits per heavy atom. The Labute approximate surface area is 148 Å². The van der Waals surface area contributed by atoms with E-state index in [9.17, 15) is 5.11 Å². The van der Waals surface area contributed by atoms with Gasteiger partial charge in [-0.15, -0.1) is 0 Å². The van der Waals surface area contributed by atoms with Gasteiger partial charge in [0.15, 0.2) is 0 Å². The van der Waals surface area contributed by atoms with E-state index in [1.54, 1.807) is 0 Å². The van der Waals surface area contributed by atoms with Crippen LogP contribution in [-0.2, 0) is 4.74 Å². The van der Waals surface area contributed by atoms with Gasteiger partial charge in [-0.2, -0.15) is 0 Å². The molecule has 0 radical (unpaired) electrons. The second-order valence-electron chi connectivity index (χ2n) is 9.91. The van der Waals surface area contributed by atoms with Crippen LogP contribution in [0.4, 0.5) is 0 Å². The summed E-state index contributed by atoms with van der Waals surface area (Å²) in [7, 11) is 0. The zero-order valence-electron chi connectivity index (χ0n) is 15.8. The fourth-order valence-corrected chi connectivity index (χ4v) is 7.01. The first-order valence-corrected chi connectivity index (χ1v) is 10.5. The second kappa shape index (κ2) is 6.89. The van der Waals surface area contributed by atoms with Gasteiger partial charge < -0.3 is 9.84 Å². The Balaban J connectivity index is 1.24. The summed E-state index contributed by atoms with van der Waals surface area (Å²) in [6.45, 7) is 6.82. The van der Waals surface area contributed by atoms with Gasteiger partial charge in [-0.05, 0) is 88.4 Å². The molecule has 0 aromatic carbocycles. The molecular weight excluding hydrogens is 298 g/mol. The van der Waals surface area contributed by atoms with Crippen LogP contribution in [0.1, 0.15) is 71.6 Å². The molecule has 4 bridgehead atoms. The van der Waals surface area contributed by atoms with Crippen LogP contribution in [-0.4, -0.2) is 48.0 Å². The molecule has 138 valence electrons. The molecule has 0 aromatic heterocycles. The summed E-state index contributed by atoms with van der Waals surface area (Å²) in [5, 5.41) is 10.5. The maximum absolute atomic E-state index is 10.5. The quantitative estimate of drug-likeness (QED) is 0.800. The molecule has 5 fully saturated rings. The molecule has 4 saturated carbocycles. The van der Waals surface area contributed by atoms with Gasteiger partial charge in [0.05, 0.1) is 19.3 Å².